The second kappa shape index (κ2) is 12.1. The van der Waals surface area contributed by atoms with E-state index < -0.39 is 6.10 Å². The zero-order chi connectivity index (χ0) is 22.8. The molecule has 0 bridgehead atoms. The third-order valence-electron chi connectivity index (χ3n) is 5.56. The minimum atomic E-state index is -0.650. The van der Waals surface area contributed by atoms with Crippen molar-refractivity contribution in [1.29, 1.82) is 5.26 Å². The Morgan fingerprint density at radius 1 is 1.22 bits per heavy atom. The first-order valence-corrected chi connectivity index (χ1v) is 11.0. The van der Waals surface area contributed by atoms with Gasteiger partial charge in [-0.2, -0.15) is 5.26 Å². The normalized spacial score (nSPS) is 15.1. The third-order valence-corrected chi connectivity index (χ3v) is 5.56. The lowest BCUT2D eigenvalue weighted by Gasteiger charge is -2.31. The number of ether oxygens (including phenoxy) is 3. The van der Waals surface area contributed by atoms with Crippen molar-refractivity contribution in [3.05, 3.63) is 59.7 Å². The molecule has 3 rings (SSSR count). The van der Waals surface area contributed by atoms with Crippen molar-refractivity contribution >= 4 is 5.91 Å². The topological polar surface area (TPSA) is 83.8 Å². The van der Waals surface area contributed by atoms with Crippen molar-refractivity contribution < 1.29 is 19.0 Å². The molecule has 1 fully saturated rings. The highest BCUT2D eigenvalue weighted by molar-refractivity contribution is 5.80. The molecule has 0 aromatic heterocycles. The molecule has 32 heavy (non-hydrogen) atoms. The number of nitriles is 1. The average Bonchev–Trinajstić information content (AvgIpc) is 2.83. The van der Waals surface area contributed by atoms with Gasteiger partial charge in [0, 0.05) is 32.3 Å². The van der Waals surface area contributed by atoms with E-state index in [2.05, 4.69) is 23.3 Å². The summed E-state index contributed by atoms with van der Waals surface area (Å²) >= 11 is 0. The van der Waals surface area contributed by atoms with Crippen molar-refractivity contribution in [3.63, 3.8) is 0 Å². The fourth-order valence-corrected chi connectivity index (χ4v) is 3.56. The molecule has 1 saturated heterocycles. The Hall–Kier alpha value is -3.08. The molecule has 1 N–H and O–H groups in total. The number of amides is 1. The molecular weight excluding hydrogens is 406 g/mol. The Kier molecular flexibility index (Phi) is 8.90. The maximum absolute atomic E-state index is 12.4. The highest BCUT2D eigenvalue weighted by Crippen LogP contribution is 2.16. The lowest BCUT2D eigenvalue weighted by Crippen LogP contribution is -2.38. The summed E-state index contributed by atoms with van der Waals surface area (Å²) < 4.78 is 17.0. The van der Waals surface area contributed by atoms with Gasteiger partial charge in [0.25, 0.3) is 5.91 Å². The number of nitrogens with zero attached hydrogens (tertiary/aromatic N) is 2. The Morgan fingerprint density at radius 2 is 1.97 bits per heavy atom. The van der Waals surface area contributed by atoms with Crippen LogP contribution in [0.25, 0.3) is 0 Å². The second-order valence-electron chi connectivity index (χ2n) is 7.93. The molecule has 1 atom stereocenters. The molecular formula is C25H31N3O4. The molecule has 1 unspecified atom stereocenters. The molecule has 0 spiro atoms. The molecule has 0 radical (unpaired) electrons. The van der Waals surface area contributed by atoms with Crippen molar-refractivity contribution in [2.45, 2.75) is 38.5 Å². The number of carbonyl (C=O) groups is 1. The average molecular weight is 438 g/mol. The number of nitrogens with one attached hydrogen (secondary N) is 1. The molecule has 0 saturated carbocycles. The first-order chi connectivity index (χ1) is 15.5. The summed E-state index contributed by atoms with van der Waals surface area (Å²) in [5.41, 5.74) is 1.51. The molecule has 170 valence electrons. The summed E-state index contributed by atoms with van der Waals surface area (Å²) in [6.45, 7) is 5.22. The van der Waals surface area contributed by atoms with E-state index in [4.69, 9.17) is 19.5 Å². The lowest BCUT2D eigenvalue weighted by atomic mass is 10.1. The van der Waals surface area contributed by atoms with Gasteiger partial charge >= 0.3 is 0 Å². The van der Waals surface area contributed by atoms with Gasteiger partial charge < -0.3 is 19.5 Å². The Balaban J connectivity index is 1.41. The quantitative estimate of drug-likeness (QED) is 0.615. The number of carbonyl (C=O) groups excluding carboxylic acids is 1. The van der Waals surface area contributed by atoms with Gasteiger partial charge in [0.1, 0.15) is 18.1 Å². The zero-order valence-corrected chi connectivity index (χ0v) is 18.8. The van der Waals surface area contributed by atoms with Crippen LogP contribution >= 0.6 is 0 Å². The van der Waals surface area contributed by atoms with Crippen LogP contribution in [0.3, 0.4) is 0 Å². The van der Waals surface area contributed by atoms with Crippen LogP contribution in [0.5, 0.6) is 11.5 Å². The molecule has 7 heteroatoms. The molecule has 1 amide bonds. The van der Waals surface area contributed by atoms with E-state index in [1.165, 1.54) is 0 Å². The molecule has 2 aromatic rings. The Labute approximate surface area is 189 Å². The van der Waals surface area contributed by atoms with Crippen LogP contribution < -0.4 is 14.8 Å². The first-order valence-electron chi connectivity index (χ1n) is 11.0. The van der Waals surface area contributed by atoms with Crippen LogP contribution in [-0.4, -0.2) is 56.4 Å². The maximum atomic E-state index is 12.4. The summed E-state index contributed by atoms with van der Waals surface area (Å²) in [4.78, 5) is 14.7. The van der Waals surface area contributed by atoms with Crippen LogP contribution in [0.4, 0.5) is 0 Å². The largest absolute Gasteiger partial charge is 0.492 e. The predicted molar refractivity (Wildman–Crippen MR) is 122 cm³/mol. The monoisotopic (exact) mass is 437 g/mol. The summed E-state index contributed by atoms with van der Waals surface area (Å²) in [7, 11) is 2.13. The SMILES string of the molecule is CC(Oc1ccc(C#N)cc1)C(=O)NCc1cccc(OCCN(C)C2CCOCC2)c1. The van der Waals surface area contributed by atoms with Crippen molar-refractivity contribution in [1.82, 2.24) is 10.2 Å². The number of hydrogen-bond acceptors (Lipinski definition) is 6. The van der Waals surface area contributed by atoms with E-state index in [0.29, 0.717) is 30.5 Å². The number of likely N-dealkylation sites (N-methyl/N-ethyl adjacent to an activating group) is 1. The van der Waals surface area contributed by atoms with Gasteiger partial charge in [0.05, 0.1) is 11.6 Å². The third kappa shape index (κ3) is 7.26. The first kappa shape index (κ1) is 23.6. The van der Waals surface area contributed by atoms with Crippen molar-refractivity contribution in [2.75, 3.05) is 33.4 Å². The molecule has 1 heterocycles. The van der Waals surface area contributed by atoms with E-state index in [-0.39, 0.29) is 5.91 Å². The maximum Gasteiger partial charge on any atom is 0.261 e. The molecule has 1 aliphatic rings. The van der Waals surface area contributed by atoms with E-state index in [9.17, 15) is 4.79 Å². The fourth-order valence-electron chi connectivity index (χ4n) is 3.56. The van der Waals surface area contributed by atoms with E-state index in [0.717, 1.165) is 43.9 Å². The standard InChI is InChI=1S/C25H31N3O4/c1-19(32-23-8-6-20(17-26)7-9-23)25(29)27-18-21-4-3-5-24(16-21)31-15-12-28(2)22-10-13-30-14-11-22/h3-9,16,19,22H,10-15,18H2,1-2H3,(H,27,29). The van der Waals surface area contributed by atoms with Crippen molar-refractivity contribution in [3.8, 4) is 17.6 Å². The molecule has 2 aromatic carbocycles. The van der Waals surface area contributed by atoms with E-state index >= 15 is 0 Å². The lowest BCUT2D eigenvalue weighted by molar-refractivity contribution is -0.127. The van der Waals surface area contributed by atoms with Gasteiger partial charge in [-0.15, -0.1) is 0 Å². The summed E-state index contributed by atoms with van der Waals surface area (Å²) in [6.07, 6.45) is 1.49. The van der Waals surface area contributed by atoms with Gasteiger partial charge in [0.2, 0.25) is 0 Å². The van der Waals surface area contributed by atoms with Crippen LogP contribution in [0.1, 0.15) is 30.9 Å². The van der Waals surface area contributed by atoms with Crippen LogP contribution in [0.2, 0.25) is 0 Å². The van der Waals surface area contributed by atoms with Gasteiger partial charge in [-0.3, -0.25) is 9.69 Å². The number of hydrogen-bond donors (Lipinski definition) is 1. The summed E-state index contributed by atoms with van der Waals surface area (Å²) in [6, 6.07) is 17.0. The van der Waals surface area contributed by atoms with Gasteiger partial charge in [-0.05, 0) is 68.8 Å². The number of rotatable bonds is 10. The van der Waals surface area contributed by atoms with Gasteiger partial charge in [-0.25, -0.2) is 0 Å². The zero-order valence-electron chi connectivity index (χ0n) is 18.8. The Bertz CT molecular complexity index is 904. The van der Waals surface area contributed by atoms with Crippen LogP contribution in [0.15, 0.2) is 48.5 Å². The Morgan fingerprint density at radius 3 is 2.69 bits per heavy atom. The smallest absolute Gasteiger partial charge is 0.261 e. The van der Waals surface area contributed by atoms with Gasteiger partial charge in [-0.1, -0.05) is 12.1 Å². The van der Waals surface area contributed by atoms with Crippen LogP contribution in [0, 0.1) is 11.3 Å². The van der Waals surface area contributed by atoms with Crippen molar-refractivity contribution in [2.24, 2.45) is 0 Å². The van der Waals surface area contributed by atoms with E-state index in [1.54, 1.807) is 31.2 Å². The minimum absolute atomic E-state index is 0.209. The molecule has 7 nitrogen and oxygen atoms in total. The predicted octanol–water partition coefficient (Wildman–Crippen LogP) is 3.13. The fraction of sp³-hybridized carbons (Fsp3) is 0.440. The molecule has 0 aliphatic carbocycles. The molecule has 1 aliphatic heterocycles. The highest BCUT2D eigenvalue weighted by Gasteiger charge is 2.18. The highest BCUT2D eigenvalue weighted by atomic mass is 16.5. The summed E-state index contributed by atoms with van der Waals surface area (Å²) in [5, 5.41) is 11.7. The van der Waals surface area contributed by atoms with Gasteiger partial charge in [0.15, 0.2) is 6.10 Å². The second-order valence-corrected chi connectivity index (χ2v) is 7.93. The van der Waals surface area contributed by atoms with Crippen LogP contribution in [-0.2, 0) is 16.1 Å². The number of benzene rings is 2. The summed E-state index contributed by atoms with van der Waals surface area (Å²) in [5.74, 6) is 1.13. The van der Waals surface area contributed by atoms with E-state index in [1.807, 2.05) is 24.3 Å². The minimum Gasteiger partial charge on any atom is -0.492 e.